The molecule has 1 saturated heterocycles. The van der Waals surface area contributed by atoms with Crippen LogP contribution < -0.4 is 10.6 Å². The number of aryl methyl sites for hydroxylation is 1. The summed E-state index contributed by atoms with van der Waals surface area (Å²) in [5.74, 6) is 1.61. The molecule has 0 saturated carbocycles. The molecule has 1 aliphatic heterocycles. The number of aromatic nitrogens is 2. The van der Waals surface area contributed by atoms with Crippen molar-refractivity contribution in [1.29, 1.82) is 0 Å². The summed E-state index contributed by atoms with van der Waals surface area (Å²) < 4.78 is 5.41. The van der Waals surface area contributed by atoms with Crippen molar-refractivity contribution < 1.29 is 4.74 Å². The number of hydrogen-bond donors (Lipinski definition) is 2. The van der Waals surface area contributed by atoms with Crippen molar-refractivity contribution in [2.24, 2.45) is 0 Å². The van der Waals surface area contributed by atoms with Gasteiger partial charge in [-0.15, -0.1) is 11.3 Å². The molecule has 19 heavy (non-hydrogen) atoms. The lowest BCUT2D eigenvalue weighted by molar-refractivity contribution is 0.195. The lowest BCUT2D eigenvalue weighted by atomic mass is 10.2. The number of fused-ring (bicyclic) bond motifs is 1. The van der Waals surface area contributed by atoms with Crippen LogP contribution >= 0.6 is 11.3 Å². The summed E-state index contributed by atoms with van der Waals surface area (Å²) in [6.07, 6.45) is 1.03. The van der Waals surface area contributed by atoms with E-state index in [0.29, 0.717) is 12.0 Å². The molecule has 2 aromatic heterocycles. The van der Waals surface area contributed by atoms with Gasteiger partial charge in [-0.2, -0.15) is 4.98 Å². The van der Waals surface area contributed by atoms with Crippen LogP contribution in [0.5, 0.6) is 0 Å². The SMILES string of the molecule is CCNc1nc(NC2CCOC2)c2cc(C)sc2n1. The van der Waals surface area contributed by atoms with Gasteiger partial charge in [0.15, 0.2) is 0 Å². The van der Waals surface area contributed by atoms with E-state index >= 15 is 0 Å². The number of nitrogens with zero attached hydrogens (tertiary/aromatic N) is 2. The van der Waals surface area contributed by atoms with Crippen molar-refractivity contribution in [3.05, 3.63) is 10.9 Å². The molecule has 0 bridgehead atoms. The van der Waals surface area contributed by atoms with Crippen molar-refractivity contribution in [2.75, 3.05) is 30.4 Å². The summed E-state index contributed by atoms with van der Waals surface area (Å²) in [5.41, 5.74) is 0. The van der Waals surface area contributed by atoms with E-state index in [1.165, 1.54) is 4.88 Å². The Hall–Kier alpha value is -1.40. The minimum atomic E-state index is 0.354. The third kappa shape index (κ3) is 2.64. The summed E-state index contributed by atoms with van der Waals surface area (Å²) in [4.78, 5) is 11.4. The van der Waals surface area contributed by atoms with E-state index in [2.05, 4.69) is 33.6 Å². The minimum Gasteiger partial charge on any atom is -0.379 e. The van der Waals surface area contributed by atoms with Crippen LogP contribution in [0.2, 0.25) is 0 Å². The fraction of sp³-hybridized carbons (Fsp3) is 0.538. The van der Waals surface area contributed by atoms with Gasteiger partial charge < -0.3 is 15.4 Å². The zero-order valence-corrected chi connectivity index (χ0v) is 12.0. The topological polar surface area (TPSA) is 59.1 Å². The molecule has 1 aliphatic rings. The Morgan fingerprint density at radius 2 is 2.37 bits per heavy atom. The maximum atomic E-state index is 5.41. The van der Waals surface area contributed by atoms with Gasteiger partial charge in [0.25, 0.3) is 0 Å². The highest BCUT2D eigenvalue weighted by molar-refractivity contribution is 7.18. The van der Waals surface area contributed by atoms with Gasteiger partial charge in [0.1, 0.15) is 10.6 Å². The Morgan fingerprint density at radius 3 is 3.11 bits per heavy atom. The third-order valence-electron chi connectivity index (χ3n) is 3.12. The second-order valence-electron chi connectivity index (χ2n) is 4.71. The molecule has 0 radical (unpaired) electrons. The number of ether oxygens (including phenoxy) is 1. The Kier molecular flexibility index (Phi) is 3.52. The van der Waals surface area contributed by atoms with Crippen molar-refractivity contribution in [3.8, 4) is 0 Å². The second-order valence-corrected chi connectivity index (χ2v) is 5.94. The molecule has 2 aromatic rings. The monoisotopic (exact) mass is 278 g/mol. The highest BCUT2D eigenvalue weighted by Gasteiger charge is 2.18. The predicted molar refractivity (Wildman–Crippen MR) is 79.2 cm³/mol. The number of hydrogen-bond acceptors (Lipinski definition) is 6. The van der Waals surface area contributed by atoms with Gasteiger partial charge in [0, 0.05) is 18.0 Å². The molecule has 1 atom stereocenters. The van der Waals surface area contributed by atoms with Gasteiger partial charge in [-0.1, -0.05) is 0 Å². The van der Waals surface area contributed by atoms with Gasteiger partial charge in [0.2, 0.25) is 5.95 Å². The van der Waals surface area contributed by atoms with Crippen LogP contribution in [0.1, 0.15) is 18.2 Å². The van der Waals surface area contributed by atoms with Gasteiger partial charge in [-0.25, -0.2) is 4.98 Å². The first-order valence-electron chi connectivity index (χ1n) is 6.62. The number of anilines is 2. The summed E-state index contributed by atoms with van der Waals surface area (Å²) in [5, 5.41) is 7.78. The fourth-order valence-corrected chi connectivity index (χ4v) is 3.11. The van der Waals surface area contributed by atoms with Crippen LogP contribution in [0.3, 0.4) is 0 Å². The number of rotatable bonds is 4. The summed E-state index contributed by atoms with van der Waals surface area (Å²) >= 11 is 1.70. The highest BCUT2D eigenvalue weighted by atomic mass is 32.1. The van der Waals surface area contributed by atoms with E-state index in [4.69, 9.17) is 4.74 Å². The Morgan fingerprint density at radius 1 is 1.47 bits per heavy atom. The first-order chi connectivity index (χ1) is 9.26. The normalized spacial score (nSPS) is 18.9. The largest absolute Gasteiger partial charge is 0.379 e. The second kappa shape index (κ2) is 5.30. The van der Waals surface area contributed by atoms with Crippen LogP contribution in [-0.2, 0) is 4.74 Å². The Labute approximate surface area is 116 Å². The molecule has 102 valence electrons. The van der Waals surface area contributed by atoms with Crippen molar-refractivity contribution in [1.82, 2.24) is 9.97 Å². The van der Waals surface area contributed by atoms with Gasteiger partial charge >= 0.3 is 0 Å². The smallest absolute Gasteiger partial charge is 0.226 e. The van der Waals surface area contributed by atoms with Gasteiger partial charge in [-0.05, 0) is 26.3 Å². The Balaban J connectivity index is 1.98. The van der Waals surface area contributed by atoms with E-state index in [1.54, 1.807) is 11.3 Å². The quantitative estimate of drug-likeness (QED) is 0.900. The van der Waals surface area contributed by atoms with Crippen LogP contribution in [0.25, 0.3) is 10.2 Å². The molecule has 6 heteroatoms. The lowest BCUT2D eigenvalue weighted by Crippen LogP contribution is -2.20. The number of thiophene rings is 1. The molecule has 0 amide bonds. The maximum absolute atomic E-state index is 5.41. The summed E-state index contributed by atoms with van der Waals surface area (Å²) in [6, 6.07) is 2.50. The van der Waals surface area contributed by atoms with E-state index in [-0.39, 0.29) is 0 Å². The first-order valence-corrected chi connectivity index (χ1v) is 7.44. The van der Waals surface area contributed by atoms with Crippen LogP contribution in [0.4, 0.5) is 11.8 Å². The van der Waals surface area contributed by atoms with Crippen LogP contribution in [0.15, 0.2) is 6.07 Å². The molecule has 2 N–H and O–H groups in total. The molecule has 3 rings (SSSR count). The van der Waals surface area contributed by atoms with E-state index in [1.807, 2.05) is 6.92 Å². The molecule has 1 unspecified atom stereocenters. The molecular formula is C13H18N4OS. The van der Waals surface area contributed by atoms with E-state index in [9.17, 15) is 0 Å². The van der Waals surface area contributed by atoms with Crippen molar-refractivity contribution in [2.45, 2.75) is 26.3 Å². The fourth-order valence-electron chi connectivity index (χ4n) is 2.23. The van der Waals surface area contributed by atoms with E-state index < -0.39 is 0 Å². The van der Waals surface area contributed by atoms with Crippen LogP contribution in [0, 0.1) is 6.92 Å². The highest BCUT2D eigenvalue weighted by Crippen LogP contribution is 2.30. The number of nitrogens with one attached hydrogen (secondary N) is 2. The van der Waals surface area contributed by atoms with Gasteiger partial charge in [0.05, 0.1) is 18.0 Å². The van der Waals surface area contributed by atoms with Crippen molar-refractivity contribution in [3.63, 3.8) is 0 Å². The third-order valence-corrected chi connectivity index (χ3v) is 4.07. The zero-order valence-electron chi connectivity index (χ0n) is 11.2. The van der Waals surface area contributed by atoms with Crippen molar-refractivity contribution >= 4 is 33.3 Å². The zero-order chi connectivity index (χ0) is 13.2. The summed E-state index contributed by atoms with van der Waals surface area (Å²) in [7, 11) is 0. The Bertz CT molecular complexity index is 577. The molecular weight excluding hydrogens is 260 g/mol. The van der Waals surface area contributed by atoms with Gasteiger partial charge in [-0.3, -0.25) is 0 Å². The lowest BCUT2D eigenvalue weighted by Gasteiger charge is -2.13. The molecule has 0 spiro atoms. The molecule has 1 fully saturated rings. The summed E-state index contributed by atoms with van der Waals surface area (Å²) in [6.45, 7) is 6.55. The molecule has 0 aliphatic carbocycles. The first kappa shape index (κ1) is 12.6. The molecule has 3 heterocycles. The maximum Gasteiger partial charge on any atom is 0.226 e. The molecule has 5 nitrogen and oxygen atoms in total. The van der Waals surface area contributed by atoms with E-state index in [0.717, 1.165) is 42.2 Å². The average molecular weight is 278 g/mol. The standard InChI is InChI=1S/C13H18N4OS/c1-3-14-13-16-11(15-9-4-5-18-7-9)10-6-8(2)19-12(10)17-13/h6,9H,3-5,7H2,1-2H3,(H2,14,15,16,17). The minimum absolute atomic E-state index is 0.354. The van der Waals surface area contributed by atoms with Crippen LogP contribution in [-0.4, -0.2) is 35.8 Å². The molecule has 0 aromatic carbocycles. The predicted octanol–water partition coefficient (Wildman–Crippen LogP) is 2.63. The average Bonchev–Trinajstić information content (AvgIpc) is 2.98.